The molecule has 3 fully saturated rings. The minimum absolute atomic E-state index is 0. The van der Waals surface area contributed by atoms with Crippen LogP contribution in [0.1, 0.15) is 56.4 Å². The van der Waals surface area contributed by atoms with Crippen molar-refractivity contribution in [3.63, 3.8) is 0 Å². The minimum Gasteiger partial charge on any atom is -0.508 e. The van der Waals surface area contributed by atoms with Crippen molar-refractivity contribution >= 4 is 18.3 Å². The third kappa shape index (κ3) is 3.86. The highest BCUT2D eigenvalue weighted by atomic mass is 35.5. The zero-order valence-electron chi connectivity index (χ0n) is 15.3. The molecule has 2 unspecified atom stereocenters. The van der Waals surface area contributed by atoms with Crippen molar-refractivity contribution in [2.24, 2.45) is 23.5 Å². The Morgan fingerprint density at radius 2 is 1.58 bits per heavy atom. The van der Waals surface area contributed by atoms with Crippen LogP contribution in [0, 0.1) is 17.8 Å². The van der Waals surface area contributed by atoms with E-state index in [2.05, 4.69) is 4.90 Å². The van der Waals surface area contributed by atoms with Crippen LogP contribution in [0.3, 0.4) is 0 Å². The molecule has 1 aliphatic heterocycles. The largest absolute Gasteiger partial charge is 0.508 e. The van der Waals surface area contributed by atoms with Crippen molar-refractivity contribution in [1.82, 2.24) is 4.90 Å². The van der Waals surface area contributed by atoms with Crippen molar-refractivity contribution in [3.8, 4) is 5.75 Å². The first-order valence-corrected chi connectivity index (χ1v) is 9.95. The Morgan fingerprint density at radius 3 is 2.15 bits per heavy atom. The second kappa shape index (κ2) is 8.18. The standard InChI is InChI=1S/C21H30N2O2.ClH/c22-20-16-2-1-3-17(20)13-18(12-16)21(25)23-10-8-15(9-11-23)14-4-6-19(24)7-5-14;/h4-7,15-18,20,24H,1-3,8-13,22H2;1H. The number of carbonyl (C=O) groups is 1. The SMILES string of the molecule is Cl.NC1C2CCCC1CC(C(=O)N1CCC(c3ccc(O)cc3)CC1)C2. The fraction of sp³-hybridized carbons (Fsp3) is 0.667. The topological polar surface area (TPSA) is 66.6 Å². The van der Waals surface area contributed by atoms with Gasteiger partial charge < -0.3 is 15.7 Å². The first-order valence-electron chi connectivity index (χ1n) is 9.95. The lowest BCUT2D eigenvalue weighted by Crippen LogP contribution is -2.50. The molecule has 0 spiro atoms. The van der Waals surface area contributed by atoms with E-state index in [0.29, 0.717) is 35.5 Å². The van der Waals surface area contributed by atoms with Crippen LogP contribution in [0.25, 0.3) is 0 Å². The molecule has 1 amide bonds. The number of benzene rings is 1. The Morgan fingerprint density at radius 1 is 1.00 bits per heavy atom. The summed E-state index contributed by atoms with van der Waals surface area (Å²) in [5.41, 5.74) is 7.66. The van der Waals surface area contributed by atoms with Gasteiger partial charge in [0.15, 0.2) is 0 Å². The second-order valence-electron chi connectivity index (χ2n) is 8.39. The molecule has 1 aromatic rings. The lowest BCUT2D eigenvalue weighted by Gasteiger charge is -2.45. The molecule has 1 heterocycles. The number of piperidine rings is 1. The van der Waals surface area contributed by atoms with Gasteiger partial charge in [0.05, 0.1) is 0 Å². The molecule has 26 heavy (non-hydrogen) atoms. The van der Waals surface area contributed by atoms with Crippen LogP contribution in [0.2, 0.25) is 0 Å². The Hall–Kier alpha value is -1.26. The number of nitrogens with zero attached hydrogens (tertiary/aromatic N) is 1. The molecule has 0 aromatic heterocycles. The molecular formula is C21H31ClN2O2. The number of phenolic OH excluding ortho intramolecular Hbond substituents is 1. The second-order valence-corrected chi connectivity index (χ2v) is 8.39. The Bertz CT molecular complexity index is 599. The molecule has 4 nitrogen and oxygen atoms in total. The minimum atomic E-state index is 0. The third-order valence-electron chi connectivity index (χ3n) is 6.93. The van der Waals surface area contributed by atoms with Gasteiger partial charge in [-0.2, -0.15) is 0 Å². The van der Waals surface area contributed by atoms with Crippen LogP contribution in [0.4, 0.5) is 0 Å². The molecule has 2 atom stereocenters. The zero-order chi connectivity index (χ0) is 17.4. The highest BCUT2D eigenvalue weighted by Gasteiger charge is 2.42. The van der Waals surface area contributed by atoms with Gasteiger partial charge in [-0.25, -0.2) is 0 Å². The molecule has 0 radical (unpaired) electrons. The molecule has 1 aromatic carbocycles. The van der Waals surface area contributed by atoms with E-state index in [9.17, 15) is 9.90 Å². The Kier molecular flexibility index (Phi) is 6.13. The zero-order valence-corrected chi connectivity index (χ0v) is 16.2. The smallest absolute Gasteiger partial charge is 0.225 e. The summed E-state index contributed by atoms with van der Waals surface area (Å²) in [5, 5.41) is 9.44. The van der Waals surface area contributed by atoms with Gasteiger partial charge in [-0.05, 0) is 74.0 Å². The summed E-state index contributed by atoms with van der Waals surface area (Å²) in [6, 6.07) is 7.88. The lowest BCUT2D eigenvalue weighted by atomic mass is 9.65. The van der Waals surface area contributed by atoms with Crippen molar-refractivity contribution in [1.29, 1.82) is 0 Å². The summed E-state index contributed by atoms with van der Waals surface area (Å²) in [6.45, 7) is 1.73. The van der Waals surface area contributed by atoms with E-state index in [1.54, 1.807) is 12.1 Å². The molecule has 4 rings (SSSR count). The first-order chi connectivity index (χ1) is 12.1. The normalized spacial score (nSPS) is 32.0. The number of amides is 1. The highest BCUT2D eigenvalue weighted by Crippen LogP contribution is 2.43. The number of halogens is 1. The van der Waals surface area contributed by atoms with Gasteiger partial charge in [0.25, 0.3) is 0 Å². The van der Waals surface area contributed by atoms with Crippen molar-refractivity contribution in [3.05, 3.63) is 29.8 Å². The van der Waals surface area contributed by atoms with Crippen molar-refractivity contribution in [2.45, 2.75) is 56.9 Å². The van der Waals surface area contributed by atoms with Crippen LogP contribution < -0.4 is 5.73 Å². The fourth-order valence-electron chi connectivity index (χ4n) is 5.43. The Balaban J connectivity index is 0.00000196. The predicted octanol–water partition coefficient (Wildman–Crippen LogP) is 3.67. The van der Waals surface area contributed by atoms with E-state index in [4.69, 9.17) is 5.73 Å². The maximum Gasteiger partial charge on any atom is 0.225 e. The molecule has 5 heteroatoms. The van der Waals surface area contributed by atoms with E-state index in [1.807, 2.05) is 12.1 Å². The van der Waals surface area contributed by atoms with Gasteiger partial charge >= 0.3 is 0 Å². The number of phenols is 1. The van der Waals surface area contributed by atoms with Gasteiger partial charge in [-0.3, -0.25) is 4.79 Å². The van der Waals surface area contributed by atoms with Gasteiger partial charge in [0, 0.05) is 25.0 Å². The number of carbonyl (C=O) groups excluding carboxylic acids is 1. The monoisotopic (exact) mass is 378 g/mol. The number of nitrogens with two attached hydrogens (primary N) is 1. The van der Waals surface area contributed by atoms with Gasteiger partial charge in [0.2, 0.25) is 5.91 Å². The summed E-state index contributed by atoms with van der Waals surface area (Å²) < 4.78 is 0. The van der Waals surface area contributed by atoms with Crippen LogP contribution in [-0.4, -0.2) is 35.0 Å². The van der Waals surface area contributed by atoms with Crippen LogP contribution in [-0.2, 0) is 4.79 Å². The maximum absolute atomic E-state index is 13.0. The summed E-state index contributed by atoms with van der Waals surface area (Å²) >= 11 is 0. The van der Waals surface area contributed by atoms with Crippen LogP contribution >= 0.6 is 12.4 Å². The maximum atomic E-state index is 13.0. The average molecular weight is 379 g/mol. The first kappa shape index (κ1) is 19.5. The number of likely N-dealkylation sites (tertiary alicyclic amines) is 1. The molecule has 2 saturated carbocycles. The molecule has 2 aliphatic carbocycles. The van der Waals surface area contributed by atoms with Gasteiger partial charge in [-0.15, -0.1) is 12.4 Å². The van der Waals surface area contributed by atoms with Crippen LogP contribution in [0.15, 0.2) is 24.3 Å². The quantitative estimate of drug-likeness (QED) is 0.825. The average Bonchev–Trinajstić information content (AvgIpc) is 2.62. The van der Waals surface area contributed by atoms with Gasteiger partial charge in [0.1, 0.15) is 5.75 Å². The number of hydrogen-bond acceptors (Lipinski definition) is 3. The predicted molar refractivity (Wildman–Crippen MR) is 105 cm³/mol. The van der Waals surface area contributed by atoms with Crippen LogP contribution in [0.5, 0.6) is 5.75 Å². The van der Waals surface area contributed by atoms with E-state index in [-0.39, 0.29) is 18.3 Å². The van der Waals surface area contributed by atoms with Crippen molar-refractivity contribution in [2.75, 3.05) is 13.1 Å². The molecule has 1 saturated heterocycles. The summed E-state index contributed by atoms with van der Waals surface area (Å²) in [5.74, 6) is 2.54. The number of rotatable bonds is 2. The van der Waals surface area contributed by atoms with E-state index in [0.717, 1.165) is 38.8 Å². The summed E-state index contributed by atoms with van der Waals surface area (Å²) in [4.78, 5) is 15.1. The lowest BCUT2D eigenvalue weighted by molar-refractivity contribution is -0.139. The van der Waals surface area contributed by atoms with E-state index < -0.39 is 0 Å². The summed E-state index contributed by atoms with van der Waals surface area (Å²) in [7, 11) is 0. The third-order valence-corrected chi connectivity index (χ3v) is 6.93. The molecule has 3 aliphatic rings. The van der Waals surface area contributed by atoms with Gasteiger partial charge in [-0.1, -0.05) is 18.6 Å². The molecular weight excluding hydrogens is 348 g/mol. The molecule has 2 bridgehead atoms. The summed E-state index contributed by atoms with van der Waals surface area (Å²) in [6.07, 6.45) is 7.78. The molecule has 3 N–H and O–H groups in total. The van der Waals surface area contributed by atoms with E-state index in [1.165, 1.54) is 24.8 Å². The Labute approximate surface area is 162 Å². The number of aromatic hydroxyl groups is 1. The van der Waals surface area contributed by atoms with E-state index >= 15 is 0 Å². The van der Waals surface area contributed by atoms with Crippen molar-refractivity contribution < 1.29 is 9.90 Å². The number of fused-ring (bicyclic) bond motifs is 2. The molecule has 144 valence electrons. The highest BCUT2D eigenvalue weighted by molar-refractivity contribution is 5.85. The fourth-order valence-corrected chi connectivity index (χ4v) is 5.43. The number of hydrogen-bond donors (Lipinski definition) is 2.